The molecule has 1 aromatic carbocycles. The van der Waals surface area contributed by atoms with Crippen LogP contribution >= 0.6 is 11.3 Å². The molecule has 1 N–H and O–H groups in total. The Morgan fingerprint density at radius 3 is 2.35 bits per heavy atom. The molecule has 13 heteroatoms. The number of carbonyl (C=O) groups is 1. The predicted molar refractivity (Wildman–Crippen MR) is 150 cm³/mol. The first-order valence-electron chi connectivity index (χ1n) is 13.4. The molecule has 1 saturated heterocycles. The highest BCUT2D eigenvalue weighted by molar-refractivity contribution is 7.91. The highest BCUT2D eigenvalue weighted by Gasteiger charge is 2.45. The van der Waals surface area contributed by atoms with Crippen molar-refractivity contribution >= 4 is 37.9 Å². The van der Waals surface area contributed by atoms with Crippen LogP contribution in [-0.4, -0.2) is 69.2 Å². The fourth-order valence-electron chi connectivity index (χ4n) is 4.81. The van der Waals surface area contributed by atoms with Crippen LogP contribution in [0.15, 0.2) is 30.5 Å². The van der Waals surface area contributed by atoms with Crippen molar-refractivity contribution in [2.24, 2.45) is 5.92 Å². The van der Waals surface area contributed by atoms with Crippen LogP contribution in [-0.2, 0) is 14.6 Å². The molecule has 1 aromatic heterocycles. The standard InChI is InChI=1S/C16H18F3N3O2S2.C11H16N2O/c1-21(11-16(17,18)19)15-20-10-14(25-15)12-2-4-13(5-3-12)22-6-8-26(23,24)9-7-22;12-8-11(6-7-11)13-10(14)9-4-2-1-3-5-9/h2-5,10H,6-9,11H2,1H3;9H,1-7H2,(H,13,14). The van der Waals surface area contributed by atoms with Gasteiger partial charge in [0.05, 0.1) is 22.5 Å². The van der Waals surface area contributed by atoms with Crippen molar-refractivity contribution in [2.75, 3.05) is 48.0 Å². The topological polar surface area (TPSA) is 106 Å². The van der Waals surface area contributed by atoms with E-state index in [2.05, 4.69) is 16.4 Å². The SMILES string of the molecule is CN(CC(F)(F)F)c1ncc(-c2ccc(N3CCS(=O)(=O)CC3)cc2)s1.N#CC1(NC(=O)C2CCCCC2)CC1. The zero-order valence-corrected chi connectivity index (χ0v) is 24.0. The van der Waals surface area contributed by atoms with Gasteiger partial charge in [0, 0.05) is 37.9 Å². The normalized spacial score (nSPS) is 20.0. The van der Waals surface area contributed by atoms with E-state index in [1.54, 1.807) is 6.20 Å². The molecule has 40 heavy (non-hydrogen) atoms. The molecule has 2 heterocycles. The van der Waals surface area contributed by atoms with Crippen molar-refractivity contribution in [1.82, 2.24) is 10.3 Å². The van der Waals surface area contributed by atoms with Gasteiger partial charge in [-0.3, -0.25) is 4.79 Å². The highest BCUT2D eigenvalue weighted by atomic mass is 32.2. The lowest BCUT2D eigenvalue weighted by Crippen LogP contribution is -2.40. The number of nitrogens with zero attached hydrogens (tertiary/aromatic N) is 4. The molecular formula is C27H34F3N5O3S2. The minimum atomic E-state index is -4.27. The lowest BCUT2D eigenvalue weighted by Gasteiger charge is -2.28. The molecule has 1 amide bonds. The number of nitrogens with one attached hydrogen (secondary N) is 1. The summed E-state index contributed by atoms with van der Waals surface area (Å²) in [5, 5.41) is 12.0. The number of carbonyl (C=O) groups excluding carboxylic acids is 1. The summed E-state index contributed by atoms with van der Waals surface area (Å²) < 4.78 is 60.5. The van der Waals surface area contributed by atoms with E-state index in [-0.39, 0.29) is 23.3 Å². The number of sulfone groups is 1. The van der Waals surface area contributed by atoms with Crippen molar-refractivity contribution < 1.29 is 26.4 Å². The second kappa shape index (κ2) is 12.3. The van der Waals surface area contributed by atoms with Crippen LogP contribution in [0.5, 0.6) is 0 Å². The molecular weight excluding hydrogens is 563 g/mol. The Bertz CT molecular complexity index is 1300. The van der Waals surface area contributed by atoms with Gasteiger partial charge in [-0.2, -0.15) is 18.4 Å². The van der Waals surface area contributed by atoms with Crippen molar-refractivity contribution in [1.29, 1.82) is 5.26 Å². The Morgan fingerprint density at radius 2 is 1.80 bits per heavy atom. The lowest BCUT2D eigenvalue weighted by molar-refractivity contribution is -0.126. The Hall–Kier alpha value is -2.85. The molecule has 0 bridgehead atoms. The van der Waals surface area contributed by atoms with Gasteiger partial charge in [0.2, 0.25) is 5.91 Å². The van der Waals surface area contributed by atoms with Crippen molar-refractivity contribution in [3.05, 3.63) is 30.5 Å². The summed E-state index contributed by atoms with van der Waals surface area (Å²) in [6, 6.07) is 9.73. The summed E-state index contributed by atoms with van der Waals surface area (Å²) in [5.74, 6) is 0.593. The maximum atomic E-state index is 12.5. The Morgan fingerprint density at radius 1 is 1.18 bits per heavy atom. The zero-order valence-electron chi connectivity index (χ0n) is 22.4. The molecule has 2 saturated carbocycles. The summed E-state index contributed by atoms with van der Waals surface area (Å²) >= 11 is 1.20. The first kappa shape index (κ1) is 30.1. The highest BCUT2D eigenvalue weighted by Crippen LogP contribution is 2.36. The smallest absolute Gasteiger partial charge is 0.369 e. The predicted octanol–water partition coefficient (Wildman–Crippen LogP) is 4.78. The van der Waals surface area contributed by atoms with E-state index in [0.717, 1.165) is 59.6 Å². The van der Waals surface area contributed by atoms with E-state index in [1.807, 2.05) is 29.2 Å². The van der Waals surface area contributed by atoms with Gasteiger partial charge < -0.3 is 15.1 Å². The monoisotopic (exact) mass is 597 g/mol. The number of aromatic nitrogens is 1. The summed E-state index contributed by atoms with van der Waals surface area (Å²) in [6.45, 7) is -0.111. The Balaban J connectivity index is 0.000000222. The Labute approximate surface area is 237 Å². The van der Waals surface area contributed by atoms with Crippen molar-refractivity contribution in [2.45, 2.75) is 56.7 Å². The fourth-order valence-corrected chi connectivity index (χ4v) is 6.89. The number of anilines is 2. The maximum absolute atomic E-state index is 12.5. The molecule has 5 rings (SSSR count). The molecule has 3 fully saturated rings. The molecule has 0 unspecified atom stereocenters. The minimum absolute atomic E-state index is 0.115. The van der Waals surface area contributed by atoms with Gasteiger partial charge in [-0.05, 0) is 43.4 Å². The number of benzene rings is 1. The average Bonchev–Trinajstić information content (AvgIpc) is 3.51. The molecule has 2 aliphatic carbocycles. The zero-order chi connectivity index (χ0) is 29.0. The third-order valence-electron chi connectivity index (χ3n) is 7.40. The van der Waals surface area contributed by atoms with Gasteiger partial charge in [-0.25, -0.2) is 13.4 Å². The van der Waals surface area contributed by atoms with Crippen LogP contribution in [0.4, 0.5) is 24.0 Å². The van der Waals surface area contributed by atoms with Crippen molar-refractivity contribution in [3.63, 3.8) is 0 Å². The van der Waals surface area contributed by atoms with Gasteiger partial charge in [-0.1, -0.05) is 42.7 Å². The number of alkyl halides is 3. The molecule has 2 aromatic rings. The van der Waals surface area contributed by atoms with E-state index in [9.17, 15) is 26.4 Å². The second-order valence-electron chi connectivity index (χ2n) is 10.7. The quantitative estimate of drug-likeness (QED) is 0.511. The van der Waals surface area contributed by atoms with Gasteiger partial charge in [0.25, 0.3) is 0 Å². The molecule has 1 aliphatic heterocycles. The molecule has 8 nitrogen and oxygen atoms in total. The van der Waals surface area contributed by atoms with Gasteiger partial charge in [-0.15, -0.1) is 0 Å². The summed E-state index contributed by atoms with van der Waals surface area (Å²) in [5.41, 5.74) is 1.32. The lowest BCUT2D eigenvalue weighted by atomic mass is 9.88. The number of halogens is 3. The molecule has 0 atom stereocenters. The minimum Gasteiger partial charge on any atom is -0.369 e. The number of rotatable bonds is 6. The molecule has 3 aliphatic rings. The second-order valence-corrected chi connectivity index (χ2v) is 14.0. The van der Waals surface area contributed by atoms with E-state index >= 15 is 0 Å². The van der Waals surface area contributed by atoms with E-state index < -0.39 is 28.1 Å². The van der Waals surface area contributed by atoms with Crippen LogP contribution in [0.25, 0.3) is 10.4 Å². The van der Waals surface area contributed by atoms with Crippen LogP contribution < -0.4 is 15.1 Å². The van der Waals surface area contributed by atoms with Crippen LogP contribution in [0, 0.1) is 17.2 Å². The number of thiazole rings is 1. The number of nitriles is 1. The van der Waals surface area contributed by atoms with Crippen LogP contribution in [0.3, 0.4) is 0 Å². The van der Waals surface area contributed by atoms with Crippen LogP contribution in [0.1, 0.15) is 44.9 Å². The van der Waals surface area contributed by atoms with E-state index in [1.165, 1.54) is 24.8 Å². The Kier molecular flexibility index (Phi) is 9.29. The van der Waals surface area contributed by atoms with Gasteiger partial charge in [0.15, 0.2) is 15.0 Å². The van der Waals surface area contributed by atoms with Crippen molar-refractivity contribution in [3.8, 4) is 16.5 Å². The third-order valence-corrected chi connectivity index (χ3v) is 10.2. The number of amides is 1. The molecule has 218 valence electrons. The van der Waals surface area contributed by atoms with E-state index in [0.29, 0.717) is 18.2 Å². The van der Waals surface area contributed by atoms with Crippen LogP contribution in [0.2, 0.25) is 0 Å². The fraction of sp³-hybridized carbons (Fsp3) is 0.593. The number of hydrogen-bond acceptors (Lipinski definition) is 8. The summed E-state index contributed by atoms with van der Waals surface area (Å²) in [4.78, 5) is 19.7. The van der Waals surface area contributed by atoms with Gasteiger partial charge >= 0.3 is 6.18 Å². The largest absolute Gasteiger partial charge is 0.405 e. The summed E-state index contributed by atoms with van der Waals surface area (Å²) in [7, 11) is -1.56. The first-order chi connectivity index (χ1) is 18.9. The molecule has 0 spiro atoms. The number of hydrogen-bond donors (Lipinski definition) is 1. The van der Waals surface area contributed by atoms with Gasteiger partial charge in [0.1, 0.15) is 12.1 Å². The third kappa shape index (κ3) is 8.33. The first-order valence-corrected chi connectivity index (χ1v) is 16.1. The van der Waals surface area contributed by atoms with E-state index in [4.69, 9.17) is 5.26 Å². The average molecular weight is 598 g/mol. The summed E-state index contributed by atoms with van der Waals surface area (Å²) in [6.07, 6.45) is 4.56. The maximum Gasteiger partial charge on any atom is 0.405 e. The molecule has 0 radical (unpaired) electrons.